The van der Waals surface area contributed by atoms with Gasteiger partial charge in [0.25, 0.3) is 0 Å². The molecule has 0 rings (SSSR count). The molecule has 0 radical (unpaired) electrons. The molecule has 3 heteroatoms. The van der Waals surface area contributed by atoms with E-state index in [1.54, 1.807) is 0 Å². The second kappa shape index (κ2) is 9.86. The monoisotopic (exact) mass is 258 g/mol. The van der Waals surface area contributed by atoms with E-state index in [0.29, 0.717) is 0 Å². The summed E-state index contributed by atoms with van der Waals surface area (Å²) in [6.45, 7) is 11.6. The van der Waals surface area contributed by atoms with Crippen LogP contribution in [0.4, 0.5) is 0 Å². The summed E-state index contributed by atoms with van der Waals surface area (Å²) in [6, 6.07) is 0. The van der Waals surface area contributed by atoms with Gasteiger partial charge in [-0.1, -0.05) is 45.3 Å². The van der Waals surface area contributed by atoms with Crippen LogP contribution < -0.4 is 0 Å². The van der Waals surface area contributed by atoms with Crippen LogP contribution in [-0.4, -0.2) is 21.3 Å². The van der Waals surface area contributed by atoms with Crippen LogP contribution in [0.15, 0.2) is 12.2 Å². The Kier molecular flexibility index (Phi) is 9.79. The van der Waals surface area contributed by atoms with E-state index in [4.69, 9.17) is 8.85 Å². The Morgan fingerprint density at radius 2 is 1.76 bits per heavy atom. The maximum absolute atomic E-state index is 5.99. The predicted molar refractivity (Wildman–Crippen MR) is 77.6 cm³/mol. The minimum absolute atomic E-state index is 0.176. The van der Waals surface area contributed by atoms with E-state index >= 15 is 0 Å². The van der Waals surface area contributed by atoms with Gasteiger partial charge >= 0.3 is 8.56 Å². The lowest BCUT2D eigenvalue weighted by atomic mass is 10.2. The molecule has 0 aromatic carbocycles. The van der Waals surface area contributed by atoms with Crippen LogP contribution in [0.3, 0.4) is 0 Å². The fourth-order valence-corrected chi connectivity index (χ4v) is 3.27. The normalized spacial score (nSPS) is 14.4. The average Bonchev–Trinajstić information content (AvgIpc) is 2.24. The zero-order chi connectivity index (χ0) is 13.1. The summed E-state index contributed by atoms with van der Waals surface area (Å²) >= 11 is 0. The molecule has 0 heterocycles. The topological polar surface area (TPSA) is 18.5 Å². The summed E-state index contributed by atoms with van der Waals surface area (Å²) in [5, 5.41) is 0. The van der Waals surface area contributed by atoms with Crippen LogP contribution in [0.5, 0.6) is 0 Å². The summed E-state index contributed by atoms with van der Waals surface area (Å²) in [7, 11) is -1.92. The molecule has 0 bridgehead atoms. The molecule has 102 valence electrons. The highest BCUT2D eigenvalue weighted by molar-refractivity contribution is 6.64. The van der Waals surface area contributed by atoms with Crippen LogP contribution in [0.2, 0.25) is 13.1 Å². The number of hydrogen-bond donors (Lipinski definition) is 0. The van der Waals surface area contributed by atoms with Crippen LogP contribution >= 0.6 is 0 Å². The van der Waals surface area contributed by atoms with Crippen LogP contribution in [0, 0.1) is 0 Å². The predicted octanol–water partition coefficient (Wildman–Crippen LogP) is 4.66. The molecular formula is C14H30O2Si. The third kappa shape index (κ3) is 10.7. The summed E-state index contributed by atoms with van der Waals surface area (Å²) in [4.78, 5) is 0. The fourth-order valence-electron chi connectivity index (χ4n) is 1.59. The summed E-state index contributed by atoms with van der Waals surface area (Å²) in [6.07, 6.45) is 10.5. The largest absolute Gasteiger partial charge is 0.394 e. The number of hydrogen-bond acceptors (Lipinski definition) is 2. The van der Waals surface area contributed by atoms with Gasteiger partial charge in [-0.15, -0.1) is 0 Å². The van der Waals surface area contributed by atoms with E-state index in [1.807, 2.05) is 0 Å². The van der Waals surface area contributed by atoms with Gasteiger partial charge in [-0.2, -0.15) is 0 Å². The van der Waals surface area contributed by atoms with Crippen molar-refractivity contribution in [3.63, 3.8) is 0 Å². The Morgan fingerprint density at radius 1 is 1.12 bits per heavy atom. The molecule has 1 unspecified atom stereocenters. The molecule has 0 saturated heterocycles. The van der Waals surface area contributed by atoms with Gasteiger partial charge in [0.15, 0.2) is 0 Å². The van der Waals surface area contributed by atoms with Gasteiger partial charge in [0, 0.05) is 6.61 Å². The Labute approximate surface area is 109 Å². The van der Waals surface area contributed by atoms with Gasteiger partial charge in [-0.3, -0.25) is 0 Å². The van der Waals surface area contributed by atoms with Gasteiger partial charge in [0.2, 0.25) is 0 Å². The quantitative estimate of drug-likeness (QED) is 0.322. The van der Waals surface area contributed by atoms with Crippen LogP contribution in [0.1, 0.15) is 52.9 Å². The van der Waals surface area contributed by atoms with Gasteiger partial charge in [0.05, 0.1) is 6.10 Å². The maximum Gasteiger partial charge on any atom is 0.332 e. The summed E-state index contributed by atoms with van der Waals surface area (Å²) < 4.78 is 11.8. The highest BCUT2D eigenvalue weighted by atomic mass is 28.4. The van der Waals surface area contributed by atoms with Crippen molar-refractivity contribution in [2.24, 2.45) is 0 Å². The van der Waals surface area contributed by atoms with Crippen molar-refractivity contribution >= 4 is 8.56 Å². The lowest BCUT2D eigenvalue weighted by Crippen LogP contribution is -2.38. The number of rotatable bonds is 10. The fraction of sp³-hybridized carbons (Fsp3) is 0.857. The second-order valence-corrected chi connectivity index (χ2v) is 8.32. The third-order valence-corrected chi connectivity index (χ3v) is 4.39. The molecule has 2 nitrogen and oxygen atoms in total. The molecule has 0 spiro atoms. The number of allylic oxidation sites excluding steroid dienone is 1. The van der Waals surface area contributed by atoms with Crippen molar-refractivity contribution in [1.29, 1.82) is 0 Å². The lowest BCUT2D eigenvalue weighted by molar-refractivity contribution is 0.154. The van der Waals surface area contributed by atoms with Crippen molar-refractivity contribution in [2.45, 2.75) is 72.1 Å². The van der Waals surface area contributed by atoms with Gasteiger partial charge in [-0.05, 0) is 32.9 Å². The molecule has 17 heavy (non-hydrogen) atoms. The first kappa shape index (κ1) is 16.9. The molecule has 1 atom stereocenters. The maximum atomic E-state index is 5.99. The van der Waals surface area contributed by atoms with Crippen molar-refractivity contribution in [1.82, 2.24) is 0 Å². The van der Waals surface area contributed by atoms with Gasteiger partial charge in [0.1, 0.15) is 0 Å². The molecule has 0 saturated carbocycles. The Morgan fingerprint density at radius 3 is 2.35 bits per heavy atom. The zero-order valence-corrected chi connectivity index (χ0v) is 13.3. The van der Waals surface area contributed by atoms with E-state index in [0.717, 1.165) is 19.4 Å². The smallest absolute Gasteiger partial charge is 0.332 e. The summed E-state index contributed by atoms with van der Waals surface area (Å²) in [5.41, 5.74) is 0. The Hall–Kier alpha value is -0.123. The van der Waals surface area contributed by atoms with E-state index < -0.39 is 8.56 Å². The molecule has 0 fully saturated rings. The Bertz CT molecular complexity index is 202. The molecule has 0 aliphatic rings. The van der Waals surface area contributed by atoms with Gasteiger partial charge < -0.3 is 8.85 Å². The van der Waals surface area contributed by atoms with E-state index in [2.05, 4.69) is 46.0 Å². The van der Waals surface area contributed by atoms with Crippen LogP contribution in [0.25, 0.3) is 0 Å². The Balaban J connectivity index is 3.82. The van der Waals surface area contributed by atoms with E-state index in [-0.39, 0.29) is 6.10 Å². The molecule has 0 aromatic heterocycles. The molecule has 0 amide bonds. The standard InChI is InChI=1S/C14H30O2Si/c1-6-8-10-11-12-14(3)16-17(4,5)15-13-9-7-2/h11-12,14H,6-10,13H2,1-5H3/b12-11+. The average molecular weight is 258 g/mol. The second-order valence-electron chi connectivity index (χ2n) is 5.00. The van der Waals surface area contributed by atoms with Crippen molar-refractivity contribution in [2.75, 3.05) is 6.61 Å². The van der Waals surface area contributed by atoms with Crippen molar-refractivity contribution in [3.05, 3.63) is 12.2 Å². The van der Waals surface area contributed by atoms with Gasteiger partial charge in [-0.25, -0.2) is 0 Å². The highest BCUT2D eigenvalue weighted by Gasteiger charge is 2.25. The van der Waals surface area contributed by atoms with E-state index in [1.165, 1.54) is 19.3 Å². The molecular weight excluding hydrogens is 228 g/mol. The van der Waals surface area contributed by atoms with Crippen LogP contribution in [-0.2, 0) is 8.85 Å². The minimum Gasteiger partial charge on any atom is -0.394 e. The minimum atomic E-state index is -1.92. The third-order valence-electron chi connectivity index (χ3n) is 2.55. The highest BCUT2D eigenvalue weighted by Crippen LogP contribution is 2.12. The van der Waals surface area contributed by atoms with E-state index in [9.17, 15) is 0 Å². The SMILES string of the molecule is CCCC/C=C/C(C)O[Si](C)(C)OCCCC. The molecule has 0 aliphatic heterocycles. The zero-order valence-electron chi connectivity index (χ0n) is 12.3. The number of unbranched alkanes of at least 4 members (excludes halogenated alkanes) is 3. The van der Waals surface area contributed by atoms with Crippen molar-refractivity contribution in [3.8, 4) is 0 Å². The first-order valence-electron chi connectivity index (χ1n) is 7.00. The first-order valence-corrected chi connectivity index (χ1v) is 9.82. The lowest BCUT2D eigenvalue weighted by Gasteiger charge is -2.25. The summed E-state index contributed by atoms with van der Waals surface area (Å²) in [5.74, 6) is 0. The molecule has 0 aliphatic carbocycles. The molecule has 0 N–H and O–H groups in total. The molecule has 0 aromatic rings. The first-order chi connectivity index (χ1) is 8.02. The van der Waals surface area contributed by atoms with Crippen molar-refractivity contribution < 1.29 is 8.85 Å².